The first-order valence-corrected chi connectivity index (χ1v) is 24.0. The number of rotatable bonds is 10. The first kappa shape index (κ1) is 51.9. The summed E-state index contributed by atoms with van der Waals surface area (Å²) in [6.45, 7) is 5.82. The van der Waals surface area contributed by atoms with Gasteiger partial charge in [-0.05, 0) is 84.9 Å². The highest BCUT2D eigenvalue weighted by Crippen LogP contribution is 2.40. The number of alkyl halides is 6. The van der Waals surface area contributed by atoms with Gasteiger partial charge in [-0.15, -0.1) is 0 Å². The molecule has 2 saturated heterocycles. The number of fused-ring (bicyclic) bond motifs is 2. The molecule has 77 heavy (non-hydrogen) atoms. The Hall–Kier alpha value is -8.61. The van der Waals surface area contributed by atoms with E-state index in [1.54, 1.807) is 36.7 Å². The van der Waals surface area contributed by atoms with Crippen LogP contribution in [0, 0.1) is 11.6 Å². The van der Waals surface area contributed by atoms with Gasteiger partial charge >= 0.3 is 24.4 Å². The number of benzene rings is 6. The Morgan fingerprint density at radius 2 is 1.05 bits per heavy atom. The van der Waals surface area contributed by atoms with Crippen LogP contribution in [0.5, 0.6) is 23.0 Å². The van der Waals surface area contributed by atoms with Crippen molar-refractivity contribution in [1.29, 1.82) is 0 Å². The van der Waals surface area contributed by atoms with E-state index in [9.17, 15) is 35.9 Å². The second-order valence-electron chi connectivity index (χ2n) is 17.4. The molecule has 0 spiro atoms. The fourth-order valence-electron chi connectivity index (χ4n) is 8.44. The van der Waals surface area contributed by atoms with Crippen LogP contribution in [0.4, 0.5) is 79.1 Å². The lowest BCUT2D eigenvalue weighted by Crippen LogP contribution is -2.54. The summed E-state index contributed by atoms with van der Waals surface area (Å²) in [6.07, 6.45) is -6.74. The number of amides is 4. The summed E-state index contributed by atoms with van der Waals surface area (Å²) in [5.74, 6) is -1.45. The van der Waals surface area contributed by atoms with Crippen LogP contribution in [0.25, 0.3) is 22.1 Å². The zero-order valence-electron chi connectivity index (χ0n) is 39.9. The van der Waals surface area contributed by atoms with Gasteiger partial charge < -0.3 is 40.5 Å². The van der Waals surface area contributed by atoms with Crippen molar-refractivity contribution < 1.29 is 54.2 Å². The number of ether oxygens (including phenoxy) is 2. The first-order chi connectivity index (χ1) is 36.9. The SMILES string of the molecule is O=C(Nc1cccc(C(F)(F)F)c1)N(c1ccc(Oc2ccc3ncc(N4CCNCC4)nc3c2)c(F)c1)N(C(=O)Nc1ccc(Oc2ccc3ncc(N4CCNCC4)nc3c2)c(F)c1)c1ccc(Cl)c(C(F)(F)F)c1. The van der Waals surface area contributed by atoms with Gasteiger partial charge in [0.1, 0.15) is 23.1 Å². The standard InChI is InChI=1S/C52H41ClF8N12O4/c53-38-9-5-33(24-37(38)52(59,60)61)72(50(75)67-32-4-12-45(39(54)23-32)76-35-7-10-41-43(26-35)68-47(28-64-41)70-18-14-62-15-19-70)73(49(74)66-31-3-1-2-30(22-31)51(56,57)58)34-6-13-46(40(55)25-34)77-36-8-11-42-44(27-36)69-48(29-65-42)71-20-16-63-17-21-71/h1-13,22-29,62-63H,14-21H2,(H,66,74)(H,67,75). The van der Waals surface area contributed by atoms with Gasteiger partial charge in [0.05, 0.1) is 62.0 Å². The number of nitrogens with zero attached hydrogens (tertiary/aromatic N) is 8. The highest BCUT2D eigenvalue weighted by Gasteiger charge is 2.37. The summed E-state index contributed by atoms with van der Waals surface area (Å²) >= 11 is 5.99. The first-order valence-electron chi connectivity index (χ1n) is 23.6. The third kappa shape index (κ3) is 11.8. The lowest BCUT2D eigenvalue weighted by molar-refractivity contribution is -0.138. The van der Waals surface area contributed by atoms with Crippen molar-refractivity contribution in [1.82, 2.24) is 30.6 Å². The Labute approximate surface area is 437 Å². The zero-order valence-corrected chi connectivity index (χ0v) is 40.6. The van der Waals surface area contributed by atoms with Crippen LogP contribution >= 0.6 is 11.6 Å². The lowest BCUT2D eigenvalue weighted by atomic mass is 10.2. The summed E-state index contributed by atoms with van der Waals surface area (Å²) < 4.78 is 129. The topological polar surface area (TPSA) is 165 Å². The van der Waals surface area contributed by atoms with Gasteiger partial charge in [0.2, 0.25) is 0 Å². The van der Waals surface area contributed by atoms with E-state index in [1.165, 1.54) is 18.2 Å². The van der Waals surface area contributed by atoms with Crippen LogP contribution in [-0.2, 0) is 12.4 Å². The fourth-order valence-corrected chi connectivity index (χ4v) is 8.66. The molecule has 0 atom stereocenters. The van der Waals surface area contributed by atoms with Crippen LogP contribution in [0.15, 0.2) is 128 Å². The smallest absolute Gasteiger partial charge is 0.417 e. The molecule has 0 bridgehead atoms. The maximum absolute atomic E-state index is 16.5. The third-order valence-corrected chi connectivity index (χ3v) is 12.5. The Bertz CT molecular complexity index is 3530. The van der Waals surface area contributed by atoms with Crippen molar-refractivity contribution in [2.45, 2.75) is 12.4 Å². The second-order valence-corrected chi connectivity index (χ2v) is 17.8. The Balaban J connectivity index is 0.988. The summed E-state index contributed by atoms with van der Waals surface area (Å²) in [7, 11) is 0. The molecule has 0 radical (unpaired) electrons. The number of hydrogen-bond donors (Lipinski definition) is 4. The molecule has 0 saturated carbocycles. The van der Waals surface area contributed by atoms with Crippen LogP contribution in [0.3, 0.4) is 0 Å². The molecule has 4 amide bonds. The monoisotopic (exact) mass is 1080 g/mol. The number of anilines is 6. The highest BCUT2D eigenvalue weighted by molar-refractivity contribution is 6.31. The number of carbonyl (C=O) groups excluding carboxylic acids is 2. The van der Waals surface area contributed by atoms with Crippen LogP contribution < -0.4 is 50.6 Å². The maximum Gasteiger partial charge on any atom is 0.417 e. The minimum atomic E-state index is -5.14. The number of hydrogen-bond acceptors (Lipinski definition) is 12. The van der Waals surface area contributed by atoms with Crippen molar-refractivity contribution in [2.75, 3.05) is 82.8 Å². The maximum atomic E-state index is 16.5. The predicted molar refractivity (Wildman–Crippen MR) is 273 cm³/mol. The van der Waals surface area contributed by atoms with E-state index in [4.69, 9.17) is 31.0 Å². The van der Waals surface area contributed by atoms with Crippen molar-refractivity contribution >= 4 is 80.1 Å². The molecule has 396 valence electrons. The molecular weight excluding hydrogens is 1040 g/mol. The molecule has 2 aromatic heterocycles. The van der Waals surface area contributed by atoms with Gasteiger partial charge in [-0.2, -0.15) is 36.4 Å². The molecule has 2 aliphatic heterocycles. The van der Waals surface area contributed by atoms with Gasteiger partial charge in [-0.1, -0.05) is 17.7 Å². The molecule has 6 aromatic carbocycles. The van der Waals surface area contributed by atoms with E-state index in [2.05, 4.69) is 36.1 Å². The minimum Gasteiger partial charge on any atom is -0.454 e. The molecule has 8 aromatic rings. The van der Waals surface area contributed by atoms with E-state index >= 15 is 8.78 Å². The molecule has 0 unspecified atom stereocenters. The van der Waals surface area contributed by atoms with Gasteiger partial charge in [-0.25, -0.2) is 28.3 Å². The minimum absolute atomic E-state index is 0.104. The molecular formula is C52H41ClF8N12O4. The molecule has 2 aliphatic rings. The normalized spacial score (nSPS) is 14.1. The average Bonchev–Trinajstić information content (AvgIpc) is 3.44. The van der Waals surface area contributed by atoms with E-state index in [-0.39, 0.29) is 22.9 Å². The largest absolute Gasteiger partial charge is 0.454 e. The Kier molecular flexibility index (Phi) is 14.5. The van der Waals surface area contributed by atoms with Gasteiger partial charge in [0.25, 0.3) is 0 Å². The molecule has 4 heterocycles. The summed E-state index contributed by atoms with van der Waals surface area (Å²) in [5, 5.41) is 11.0. The zero-order chi connectivity index (χ0) is 54.0. The Morgan fingerprint density at radius 1 is 0.558 bits per heavy atom. The number of hydrazine groups is 1. The van der Waals surface area contributed by atoms with E-state index < -0.39 is 75.0 Å². The van der Waals surface area contributed by atoms with E-state index in [0.717, 1.165) is 80.8 Å². The van der Waals surface area contributed by atoms with E-state index in [1.807, 2.05) is 4.90 Å². The summed E-state index contributed by atoms with van der Waals surface area (Å²) in [5.41, 5.74) is -2.85. The number of halogens is 9. The van der Waals surface area contributed by atoms with Crippen molar-refractivity contribution in [3.63, 3.8) is 0 Å². The molecule has 4 N–H and O–H groups in total. The number of aromatic nitrogens is 4. The molecule has 10 rings (SSSR count). The third-order valence-electron chi connectivity index (χ3n) is 12.2. The average molecular weight is 1090 g/mol. The molecule has 16 nitrogen and oxygen atoms in total. The predicted octanol–water partition coefficient (Wildman–Crippen LogP) is 11.6. The van der Waals surface area contributed by atoms with Crippen molar-refractivity contribution in [2.24, 2.45) is 0 Å². The molecule has 25 heteroatoms. The lowest BCUT2D eigenvalue weighted by Gasteiger charge is -2.35. The number of carbonyl (C=O) groups is 2. The van der Waals surface area contributed by atoms with Crippen LogP contribution in [0.2, 0.25) is 5.02 Å². The summed E-state index contributed by atoms with van der Waals surface area (Å²) in [6, 6.07) is 17.8. The van der Waals surface area contributed by atoms with Gasteiger partial charge in [0, 0.05) is 88.0 Å². The second kappa shape index (κ2) is 21.6. The fraction of sp³-hybridized carbons (Fsp3) is 0.192. The van der Waals surface area contributed by atoms with Crippen LogP contribution in [-0.4, -0.2) is 84.4 Å². The van der Waals surface area contributed by atoms with Crippen LogP contribution in [0.1, 0.15) is 11.1 Å². The number of piperazine rings is 2. The molecule has 0 aliphatic carbocycles. The Morgan fingerprint density at radius 3 is 1.56 bits per heavy atom. The number of urea groups is 2. The molecule has 2 fully saturated rings. The van der Waals surface area contributed by atoms with Crippen molar-refractivity contribution in [3.05, 3.63) is 155 Å². The van der Waals surface area contributed by atoms with Crippen molar-refractivity contribution in [3.8, 4) is 23.0 Å². The number of nitrogens with one attached hydrogen (secondary N) is 4. The quantitative estimate of drug-likeness (QED) is 0.0758. The van der Waals surface area contributed by atoms with Gasteiger partial charge in [-0.3, -0.25) is 9.97 Å². The van der Waals surface area contributed by atoms with Gasteiger partial charge in [0.15, 0.2) is 23.1 Å². The highest BCUT2D eigenvalue weighted by atomic mass is 35.5. The van der Waals surface area contributed by atoms with E-state index in [0.29, 0.717) is 88.1 Å². The summed E-state index contributed by atoms with van der Waals surface area (Å²) in [4.78, 5) is 51.8.